The van der Waals surface area contributed by atoms with Crippen LogP contribution < -0.4 is 10.6 Å². The van der Waals surface area contributed by atoms with Crippen molar-refractivity contribution in [2.75, 3.05) is 6.54 Å². The summed E-state index contributed by atoms with van der Waals surface area (Å²) in [6.07, 6.45) is 4.53. The molecule has 0 saturated heterocycles. The van der Waals surface area contributed by atoms with Crippen LogP contribution in [-0.4, -0.2) is 29.4 Å². The third-order valence-electron chi connectivity index (χ3n) is 2.87. The Labute approximate surface area is 127 Å². The quantitative estimate of drug-likeness (QED) is 0.624. The Balaban J connectivity index is 1.68. The Kier molecular flexibility index (Phi) is 5.20. The monoisotopic (exact) mass is 315 g/mol. The lowest BCUT2D eigenvalue weighted by Crippen LogP contribution is -2.28. The summed E-state index contributed by atoms with van der Waals surface area (Å²) in [7, 11) is 0. The molecule has 1 aliphatic rings. The van der Waals surface area contributed by atoms with Gasteiger partial charge in [-0.3, -0.25) is 9.59 Å². The molecule has 1 saturated carbocycles. The van der Waals surface area contributed by atoms with Crippen LogP contribution in [0.5, 0.6) is 0 Å². The van der Waals surface area contributed by atoms with Crippen LogP contribution >= 0.6 is 23.2 Å². The molecule has 20 heavy (non-hydrogen) atoms. The summed E-state index contributed by atoms with van der Waals surface area (Å²) in [6, 6.07) is 1.84. The molecule has 5 nitrogen and oxygen atoms in total. The number of hydrogen-bond donors (Lipinski definition) is 2. The zero-order valence-corrected chi connectivity index (χ0v) is 12.3. The SMILES string of the molecule is O=C(CCCNC(=O)c1cnc(Cl)c(Cl)c1)NC1CC1. The van der Waals surface area contributed by atoms with E-state index in [1.54, 1.807) is 0 Å². The van der Waals surface area contributed by atoms with Gasteiger partial charge in [0, 0.05) is 25.2 Å². The summed E-state index contributed by atoms with van der Waals surface area (Å²) in [5.41, 5.74) is 0.349. The molecule has 0 unspecified atom stereocenters. The zero-order chi connectivity index (χ0) is 14.5. The average Bonchev–Trinajstić information content (AvgIpc) is 3.21. The van der Waals surface area contributed by atoms with Crippen molar-refractivity contribution in [3.05, 3.63) is 28.0 Å². The van der Waals surface area contributed by atoms with Gasteiger partial charge in [-0.1, -0.05) is 23.2 Å². The van der Waals surface area contributed by atoms with Crippen molar-refractivity contribution in [3.8, 4) is 0 Å². The van der Waals surface area contributed by atoms with Gasteiger partial charge in [0.2, 0.25) is 5.91 Å². The minimum absolute atomic E-state index is 0.0398. The summed E-state index contributed by atoms with van der Waals surface area (Å²) in [6.45, 7) is 0.428. The van der Waals surface area contributed by atoms with Crippen LogP contribution in [0.3, 0.4) is 0 Å². The first kappa shape index (κ1) is 15.1. The van der Waals surface area contributed by atoms with Crippen molar-refractivity contribution in [1.82, 2.24) is 15.6 Å². The topological polar surface area (TPSA) is 71.1 Å². The first-order valence-electron chi connectivity index (χ1n) is 6.45. The van der Waals surface area contributed by atoms with Crippen LogP contribution in [0.15, 0.2) is 12.3 Å². The van der Waals surface area contributed by atoms with Gasteiger partial charge >= 0.3 is 0 Å². The number of hydrogen-bond acceptors (Lipinski definition) is 3. The molecule has 2 amide bonds. The molecule has 0 atom stereocenters. The molecule has 1 fully saturated rings. The van der Waals surface area contributed by atoms with Crippen molar-refractivity contribution < 1.29 is 9.59 Å². The molecular formula is C13H15Cl2N3O2. The maximum Gasteiger partial charge on any atom is 0.252 e. The van der Waals surface area contributed by atoms with E-state index in [2.05, 4.69) is 15.6 Å². The van der Waals surface area contributed by atoms with Crippen LogP contribution in [0.4, 0.5) is 0 Å². The number of nitrogens with one attached hydrogen (secondary N) is 2. The molecule has 1 heterocycles. The highest BCUT2D eigenvalue weighted by atomic mass is 35.5. The number of rotatable bonds is 6. The maximum atomic E-state index is 11.8. The van der Waals surface area contributed by atoms with Gasteiger partial charge in [0.15, 0.2) is 0 Å². The van der Waals surface area contributed by atoms with Crippen molar-refractivity contribution >= 4 is 35.0 Å². The van der Waals surface area contributed by atoms with Crippen LogP contribution in [0.1, 0.15) is 36.0 Å². The van der Waals surface area contributed by atoms with E-state index in [0.29, 0.717) is 31.0 Å². The number of nitrogens with zero attached hydrogens (tertiary/aromatic N) is 1. The minimum atomic E-state index is -0.279. The van der Waals surface area contributed by atoms with Gasteiger partial charge in [0.25, 0.3) is 5.91 Å². The third-order valence-corrected chi connectivity index (χ3v) is 3.55. The number of amides is 2. The molecule has 0 spiro atoms. The van der Waals surface area contributed by atoms with E-state index in [1.165, 1.54) is 12.3 Å². The highest BCUT2D eigenvalue weighted by Gasteiger charge is 2.22. The molecule has 2 rings (SSSR count). The maximum absolute atomic E-state index is 11.8. The Morgan fingerprint density at radius 3 is 2.75 bits per heavy atom. The molecule has 0 aromatic carbocycles. The van der Waals surface area contributed by atoms with Crippen molar-refractivity contribution in [1.29, 1.82) is 0 Å². The van der Waals surface area contributed by atoms with Gasteiger partial charge in [0.1, 0.15) is 5.15 Å². The summed E-state index contributed by atoms with van der Waals surface area (Å²) >= 11 is 11.5. The van der Waals surface area contributed by atoms with Crippen molar-refractivity contribution in [2.45, 2.75) is 31.7 Å². The highest BCUT2D eigenvalue weighted by Crippen LogP contribution is 2.20. The van der Waals surface area contributed by atoms with Gasteiger partial charge < -0.3 is 10.6 Å². The Bertz CT molecular complexity index is 518. The van der Waals surface area contributed by atoms with E-state index >= 15 is 0 Å². The molecular weight excluding hydrogens is 301 g/mol. The van der Waals surface area contributed by atoms with E-state index in [9.17, 15) is 9.59 Å². The van der Waals surface area contributed by atoms with Crippen molar-refractivity contribution in [2.24, 2.45) is 0 Å². The Hall–Kier alpha value is -1.33. The van der Waals surface area contributed by atoms with Crippen LogP contribution in [0, 0.1) is 0 Å². The molecule has 7 heteroatoms. The second-order valence-electron chi connectivity index (χ2n) is 4.70. The van der Waals surface area contributed by atoms with Crippen LogP contribution in [-0.2, 0) is 4.79 Å². The highest BCUT2D eigenvalue weighted by molar-refractivity contribution is 6.41. The minimum Gasteiger partial charge on any atom is -0.353 e. The summed E-state index contributed by atoms with van der Waals surface area (Å²) in [5, 5.41) is 6.01. The van der Waals surface area contributed by atoms with Gasteiger partial charge in [-0.25, -0.2) is 4.98 Å². The standard InChI is InChI=1S/C13H15Cl2N3O2/c14-10-6-8(7-17-12(10)15)13(20)16-5-1-2-11(19)18-9-3-4-9/h6-7,9H,1-5H2,(H,16,20)(H,18,19). The number of aromatic nitrogens is 1. The fourth-order valence-corrected chi connectivity index (χ4v) is 1.90. The molecule has 1 aromatic heterocycles. The summed E-state index contributed by atoms with van der Waals surface area (Å²) < 4.78 is 0. The first-order valence-corrected chi connectivity index (χ1v) is 7.20. The van der Waals surface area contributed by atoms with Gasteiger partial charge in [-0.2, -0.15) is 0 Å². The second kappa shape index (κ2) is 6.90. The molecule has 0 aliphatic heterocycles. The fraction of sp³-hybridized carbons (Fsp3) is 0.462. The van der Waals surface area contributed by atoms with E-state index < -0.39 is 0 Å². The van der Waals surface area contributed by atoms with E-state index in [1.807, 2.05) is 0 Å². The van der Waals surface area contributed by atoms with Gasteiger partial charge in [-0.15, -0.1) is 0 Å². The van der Waals surface area contributed by atoms with E-state index in [-0.39, 0.29) is 22.0 Å². The molecule has 1 aromatic rings. The van der Waals surface area contributed by atoms with E-state index in [0.717, 1.165) is 12.8 Å². The Morgan fingerprint density at radius 2 is 2.10 bits per heavy atom. The van der Waals surface area contributed by atoms with Crippen LogP contribution in [0.25, 0.3) is 0 Å². The number of halogens is 2. The number of carbonyl (C=O) groups excluding carboxylic acids is 2. The average molecular weight is 316 g/mol. The largest absolute Gasteiger partial charge is 0.353 e. The third kappa shape index (κ3) is 4.65. The van der Waals surface area contributed by atoms with Crippen molar-refractivity contribution in [3.63, 3.8) is 0 Å². The predicted octanol–water partition coefficient (Wildman–Crippen LogP) is 2.18. The predicted molar refractivity (Wildman–Crippen MR) is 77.0 cm³/mol. The molecule has 1 aliphatic carbocycles. The lowest BCUT2D eigenvalue weighted by Gasteiger charge is -2.06. The molecule has 0 radical (unpaired) electrons. The number of carbonyl (C=O) groups is 2. The van der Waals surface area contributed by atoms with E-state index in [4.69, 9.17) is 23.2 Å². The normalized spacial score (nSPS) is 13.9. The summed E-state index contributed by atoms with van der Waals surface area (Å²) in [5.74, 6) is -0.239. The van der Waals surface area contributed by atoms with Crippen LogP contribution in [0.2, 0.25) is 10.2 Å². The molecule has 2 N–H and O–H groups in total. The lowest BCUT2D eigenvalue weighted by molar-refractivity contribution is -0.121. The lowest BCUT2D eigenvalue weighted by atomic mass is 10.2. The van der Waals surface area contributed by atoms with Gasteiger partial charge in [0.05, 0.1) is 10.6 Å². The second-order valence-corrected chi connectivity index (χ2v) is 5.46. The fourth-order valence-electron chi connectivity index (χ4n) is 1.63. The molecule has 0 bridgehead atoms. The summed E-state index contributed by atoms with van der Waals surface area (Å²) in [4.78, 5) is 27.0. The molecule has 108 valence electrons. The first-order chi connectivity index (χ1) is 9.56. The number of pyridine rings is 1. The zero-order valence-electron chi connectivity index (χ0n) is 10.8. The Morgan fingerprint density at radius 1 is 1.35 bits per heavy atom. The smallest absolute Gasteiger partial charge is 0.252 e. The van der Waals surface area contributed by atoms with Gasteiger partial charge in [-0.05, 0) is 25.3 Å².